The lowest BCUT2D eigenvalue weighted by molar-refractivity contribution is 0.104. The molecule has 0 fully saturated rings. The highest BCUT2D eigenvalue weighted by Gasteiger charge is 2.28. The standard InChI is InChI=1S/C19H41NO/c1-8-19(7,16(2)3)13-9-11-18(6,15-21)12-10-14-20-17(4)5/h16-17,20-21H,8-15H2,1-7H3. The van der Waals surface area contributed by atoms with Gasteiger partial charge in [0.15, 0.2) is 0 Å². The van der Waals surface area contributed by atoms with Gasteiger partial charge in [-0.05, 0) is 49.0 Å². The normalized spacial score (nSPS) is 18.0. The number of aliphatic hydroxyl groups excluding tert-OH is 1. The molecule has 0 aromatic rings. The summed E-state index contributed by atoms with van der Waals surface area (Å²) >= 11 is 0. The molecule has 128 valence electrons. The molecule has 0 aliphatic carbocycles. The van der Waals surface area contributed by atoms with Crippen LogP contribution in [0.3, 0.4) is 0 Å². The van der Waals surface area contributed by atoms with Crippen LogP contribution >= 0.6 is 0 Å². The Morgan fingerprint density at radius 2 is 1.52 bits per heavy atom. The van der Waals surface area contributed by atoms with Crippen LogP contribution in [-0.2, 0) is 0 Å². The van der Waals surface area contributed by atoms with E-state index in [2.05, 4.69) is 53.8 Å². The van der Waals surface area contributed by atoms with Gasteiger partial charge in [0.05, 0.1) is 0 Å². The molecule has 2 heteroatoms. The van der Waals surface area contributed by atoms with Crippen molar-refractivity contribution in [2.45, 2.75) is 93.0 Å². The van der Waals surface area contributed by atoms with Crippen molar-refractivity contribution >= 4 is 0 Å². The third-order valence-electron chi connectivity index (χ3n) is 5.62. The molecule has 0 aliphatic heterocycles. The maximum absolute atomic E-state index is 9.77. The van der Waals surface area contributed by atoms with Crippen LogP contribution in [0.4, 0.5) is 0 Å². The van der Waals surface area contributed by atoms with Crippen molar-refractivity contribution < 1.29 is 5.11 Å². The van der Waals surface area contributed by atoms with E-state index in [4.69, 9.17) is 0 Å². The van der Waals surface area contributed by atoms with Gasteiger partial charge >= 0.3 is 0 Å². The summed E-state index contributed by atoms with van der Waals surface area (Å²) in [4.78, 5) is 0. The highest BCUT2D eigenvalue weighted by Crippen LogP contribution is 2.38. The van der Waals surface area contributed by atoms with Crippen LogP contribution < -0.4 is 5.32 Å². The summed E-state index contributed by atoms with van der Waals surface area (Å²) in [5.74, 6) is 0.734. The maximum Gasteiger partial charge on any atom is 0.0484 e. The summed E-state index contributed by atoms with van der Waals surface area (Å²) in [6.45, 7) is 17.4. The first-order valence-electron chi connectivity index (χ1n) is 9.03. The molecule has 0 heterocycles. The Labute approximate surface area is 134 Å². The summed E-state index contributed by atoms with van der Waals surface area (Å²) in [6, 6.07) is 0.557. The van der Waals surface area contributed by atoms with E-state index in [0.717, 1.165) is 31.7 Å². The fourth-order valence-electron chi connectivity index (χ4n) is 2.98. The molecule has 0 aromatic heterocycles. The maximum atomic E-state index is 9.77. The highest BCUT2D eigenvalue weighted by molar-refractivity contribution is 4.79. The van der Waals surface area contributed by atoms with Crippen molar-refractivity contribution in [3.8, 4) is 0 Å². The van der Waals surface area contributed by atoms with Gasteiger partial charge in [0.1, 0.15) is 0 Å². The summed E-state index contributed by atoms with van der Waals surface area (Å²) in [6.07, 6.45) is 7.18. The van der Waals surface area contributed by atoms with Crippen molar-refractivity contribution in [1.29, 1.82) is 0 Å². The summed E-state index contributed by atoms with van der Waals surface area (Å²) in [5, 5.41) is 13.2. The van der Waals surface area contributed by atoms with E-state index in [0.29, 0.717) is 18.1 Å². The molecule has 2 nitrogen and oxygen atoms in total. The zero-order valence-electron chi connectivity index (χ0n) is 15.8. The number of hydrogen-bond donors (Lipinski definition) is 2. The Bertz CT molecular complexity index is 264. The van der Waals surface area contributed by atoms with Gasteiger partial charge in [0.25, 0.3) is 0 Å². The van der Waals surface area contributed by atoms with Gasteiger partial charge in [0, 0.05) is 12.6 Å². The average Bonchev–Trinajstić information content (AvgIpc) is 2.43. The topological polar surface area (TPSA) is 32.3 Å². The molecule has 2 unspecified atom stereocenters. The number of aliphatic hydroxyl groups is 1. The summed E-state index contributed by atoms with van der Waals surface area (Å²) < 4.78 is 0. The predicted molar refractivity (Wildman–Crippen MR) is 94.7 cm³/mol. The summed E-state index contributed by atoms with van der Waals surface area (Å²) in [7, 11) is 0. The van der Waals surface area contributed by atoms with Crippen LogP contribution in [0, 0.1) is 16.7 Å². The minimum Gasteiger partial charge on any atom is -0.396 e. The van der Waals surface area contributed by atoms with Crippen LogP contribution in [0.2, 0.25) is 0 Å². The van der Waals surface area contributed by atoms with Crippen LogP contribution in [0.1, 0.15) is 87.0 Å². The van der Waals surface area contributed by atoms with Gasteiger partial charge in [-0.3, -0.25) is 0 Å². The Hall–Kier alpha value is -0.0800. The van der Waals surface area contributed by atoms with Crippen molar-refractivity contribution in [2.75, 3.05) is 13.2 Å². The molecule has 21 heavy (non-hydrogen) atoms. The largest absolute Gasteiger partial charge is 0.396 e. The molecule has 0 aliphatic rings. The first kappa shape index (κ1) is 20.9. The van der Waals surface area contributed by atoms with Gasteiger partial charge in [-0.15, -0.1) is 0 Å². The van der Waals surface area contributed by atoms with E-state index >= 15 is 0 Å². The van der Waals surface area contributed by atoms with Crippen molar-refractivity contribution in [3.63, 3.8) is 0 Å². The molecular weight excluding hydrogens is 258 g/mol. The summed E-state index contributed by atoms with van der Waals surface area (Å²) in [5.41, 5.74) is 0.555. The Balaban J connectivity index is 4.17. The van der Waals surface area contributed by atoms with E-state index in [9.17, 15) is 5.11 Å². The van der Waals surface area contributed by atoms with Gasteiger partial charge in [-0.1, -0.05) is 61.3 Å². The number of hydrogen-bond acceptors (Lipinski definition) is 2. The quantitative estimate of drug-likeness (QED) is 0.497. The minimum atomic E-state index is 0.101. The van der Waals surface area contributed by atoms with E-state index in [1.165, 1.54) is 19.3 Å². The third-order valence-corrected chi connectivity index (χ3v) is 5.62. The molecule has 0 aromatic carbocycles. The van der Waals surface area contributed by atoms with Crippen molar-refractivity contribution in [1.82, 2.24) is 5.32 Å². The van der Waals surface area contributed by atoms with Crippen LogP contribution in [-0.4, -0.2) is 24.3 Å². The molecule has 0 rings (SSSR count). The highest BCUT2D eigenvalue weighted by atomic mass is 16.3. The molecule has 0 saturated heterocycles. The van der Waals surface area contributed by atoms with E-state index in [1.807, 2.05) is 0 Å². The monoisotopic (exact) mass is 299 g/mol. The smallest absolute Gasteiger partial charge is 0.0484 e. The van der Waals surface area contributed by atoms with Crippen molar-refractivity contribution in [2.24, 2.45) is 16.7 Å². The SMILES string of the molecule is CCC(C)(CCCC(C)(CO)CCCNC(C)C)C(C)C. The molecule has 0 saturated carbocycles. The fourth-order valence-corrected chi connectivity index (χ4v) is 2.98. The zero-order chi connectivity index (χ0) is 16.5. The van der Waals surface area contributed by atoms with E-state index in [1.54, 1.807) is 0 Å². The van der Waals surface area contributed by atoms with Gasteiger partial charge in [-0.25, -0.2) is 0 Å². The fraction of sp³-hybridized carbons (Fsp3) is 1.00. The molecule has 0 amide bonds. The first-order chi connectivity index (χ1) is 9.69. The second-order valence-electron chi connectivity index (χ2n) is 8.20. The minimum absolute atomic E-state index is 0.101. The predicted octanol–water partition coefficient (Wildman–Crippen LogP) is 5.01. The van der Waals surface area contributed by atoms with Crippen LogP contribution in [0.15, 0.2) is 0 Å². The molecule has 0 radical (unpaired) electrons. The van der Waals surface area contributed by atoms with Gasteiger partial charge in [-0.2, -0.15) is 0 Å². The lowest BCUT2D eigenvalue weighted by Gasteiger charge is -2.35. The van der Waals surface area contributed by atoms with E-state index in [-0.39, 0.29) is 5.41 Å². The molecule has 2 N–H and O–H groups in total. The second-order valence-corrected chi connectivity index (χ2v) is 8.20. The van der Waals surface area contributed by atoms with Crippen molar-refractivity contribution in [3.05, 3.63) is 0 Å². The number of rotatable bonds is 12. The Morgan fingerprint density at radius 3 is 1.95 bits per heavy atom. The Kier molecular flexibility index (Phi) is 9.80. The molecule has 0 bridgehead atoms. The zero-order valence-corrected chi connectivity index (χ0v) is 15.8. The third kappa shape index (κ3) is 8.21. The van der Waals surface area contributed by atoms with Gasteiger partial charge in [0.2, 0.25) is 0 Å². The molecule has 2 atom stereocenters. The van der Waals surface area contributed by atoms with E-state index < -0.39 is 0 Å². The first-order valence-corrected chi connectivity index (χ1v) is 9.03. The van der Waals surface area contributed by atoms with Gasteiger partial charge < -0.3 is 10.4 Å². The average molecular weight is 300 g/mol. The molecular formula is C19H41NO. The molecule has 0 spiro atoms. The number of nitrogens with one attached hydrogen (secondary N) is 1. The van der Waals surface area contributed by atoms with Crippen LogP contribution in [0.25, 0.3) is 0 Å². The lowest BCUT2D eigenvalue weighted by atomic mass is 9.71. The Morgan fingerprint density at radius 1 is 0.952 bits per heavy atom. The van der Waals surface area contributed by atoms with Crippen LogP contribution in [0.5, 0.6) is 0 Å². The second kappa shape index (κ2) is 9.84. The lowest BCUT2D eigenvalue weighted by Crippen LogP contribution is -2.28.